The van der Waals surface area contributed by atoms with Crippen molar-refractivity contribution < 1.29 is 14.3 Å². The predicted molar refractivity (Wildman–Crippen MR) is 183 cm³/mol. The number of fused-ring (bicyclic) bond motifs is 1. The van der Waals surface area contributed by atoms with Gasteiger partial charge in [0.15, 0.2) is 5.60 Å². The first kappa shape index (κ1) is 31.8. The Balaban J connectivity index is 1.71. The second kappa shape index (κ2) is 12.8. The summed E-state index contributed by atoms with van der Waals surface area (Å²) in [6.07, 6.45) is 5.63. The van der Waals surface area contributed by atoms with Crippen molar-refractivity contribution in [3.63, 3.8) is 0 Å². The molecule has 0 aliphatic carbocycles. The van der Waals surface area contributed by atoms with Crippen LogP contribution in [0.1, 0.15) is 32.6 Å². The first-order chi connectivity index (χ1) is 21.0. The number of cyclic esters (lactones) is 1. The number of halogens is 4. The van der Waals surface area contributed by atoms with Crippen LogP contribution in [0.2, 0.25) is 20.1 Å². The van der Waals surface area contributed by atoms with E-state index in [1.165, 1.54) is 0 Å². The van der Waals surface area contributed by atoms with Crippen molar-refractivity contribution in [3.05, 3.63) is 139 Å². The molecule has 9 heteroatoms. The molecule has 5 rings (SSSR count). The number of hydrogen-bond donors (Lipinski definition) is 0. The number of anilines is 2. The van der Waals surface area contributed by atoms with Crippen LogP contribution in [0.4, 0.5) is 11.4 Å². The minimum atomic E-state index is -1.43. The zero-order valence-corrected chi connectivity index (χ0v) is 27.8. The third-order valence-electron chi connectivity index (χ3n) is 7.60. The lowest BCUT2D eigenvalue weighted by Gasteiger charge is -2.28. The average Bonchev–Trinajstić information content (AvgIpc) is 3.34. The van der Waals surface area contributed by atoms with Gasteiger partial charge in [0.25, 0.3) is 0 Å². The predicted octanol–water partition coefficient (Wildman–Crippen LogP) is 9.54. The van der Waals surface area contributed by atoms with Crippen LogP contribution in [0.5, 0.6) is 5.75 Å². The van der Waals surface area contributed by atoms with Crippen molar-refractivity contribution in [3.8, 4) is 5.75 Å². The Hall–Kier alpha value is -3.61. The lowest BCUT2D eigenvalue weighted by Crippen LogP contribution is -2.26. The van der Waals surface area contributed by atoms with Gasteiger partial charge in [0, 0.05) is 50.7 Å². The number of benzene rings is 4. The van der Waals surface area contributed by atoms with Crippen molar-refractivity contribution >= 4 is 69.3 Å². The van der Waals surface area contributed by atoms with E-state index in [4.69, 9.17) is 55.9 Å². The summed E-state index contributed by atoms with van der Waals surface area (Å²) in [4.78, 5) is 17.4. The maximum atomic E-state index is 13.4. The monoisotopic (exact) mass is 666 g/mol. The van der Waals surface area contributed by atoms with E-state index in [0.29, 0.717) is 11.1 Å². The van der Waals surface area contributed by atoms with E-state index in [2.05, 4.69) is 24.3 Å². The molecule has 1 aliphatic heterocycles. The molecular weight excluding hydrogens is 638 g/mol. The highest BCUT2D eigenvalue weighted by atomic mass is 35.5. The molecule has 5 nitrogen and oxygen atoms in total. The second-order valence-corrected chi connectivity index (χ2v) is 12.2. The third kappa shape index (κ3) is 5.78. The van der Waals surface area contributed by atoms with Crippen molar-refractivity contribution in [1.82, 2.24) is 0 Å². The number of hydrogen-bond acceptors (Lipinski definition) is 5. The van der Waals surface area contributed by atoms with Gasteiger partial charge in [-0.2, -0.15) is 0 Å². The van der Waals surface area contributed by atoms with Gasteiger partial charge in [-0.1, -0.05) is 95.0 Å². The number of ether oxygens (including phenoxy) is 2. The zero-order valence-electron chi connectivity index (χ0n) is 24.8. The molecule has 1 unspecified atom stereocenters. The molecule has 0 saturated heterocycles. The van der Waals surface area contributed by atoms with Gasteiger partial charge in [-0.15, -0.1) is 0 Å². The van der Waals surface area contributed by atoms with E-state index in [1.807, 2.05) is 98.7 Å². The lowest BCUT2D eigenvalue weighted by molar-refractivity contribution is 0.0275. The minimum Gasteiger partial charge on any atom is -0.497 e. The third-order valence-corrected chi connectivity index (χ3v) is 9.40. The van der Waals surface area contributed by atoms with Crippen LogP contribution in [0, 0.1) is 0 Å². The normalized spacial score (nSPS) is 16.2. The summed E-state index contributed by atoms with van der Waals surface area (Å²) in [6, 6.07) is 23.7. The van der Waals surface area contributed by atoms with E-state index < -0.39 is 11.6 Å². The topological polar surface area (TPSA) is 42.0 Å². The van der Waals surface area contributed by atoms with Crippen LogP contribution >= 0.6 is 46.4 Å². The maximum absolute atomic E-state index is 13.4. The van der Waals surface area contributed by atoms with E-state index in [0.717, 1.165) is 33.8 Å². The molecule has 0 saturated carbocycles. The summed E-state index contributed by atoms with van der Waals surface area (Å²) in [7, 11) is 9.53. The number of carbonyl (C=O) groups is 1. The molecule has 0 spiro atoms. The molecule has 226 valence electrons. The Labute approximate surface area is 277 Å². The average molecular weight is 668 g/mol. The van der Waals surface area contributed by atoms with E-state index in [9.17, 15) is 4.79 Å². The molecule has 1 aliphatic rings. The first-order valence-corrected chi connectivity index (χ1v) is 15.2. The largest absolute Gasteiger partial charge is 0.497 e. The number of allylic oxidation sites excluding steroid dienone is 2. The van der Waals surface area contributed by atoms with Crippen LogP contribution in [0.15, 0.2) is 91.0 Å². The van der Waals surface area contributed by atoms with Crippen molar-refractivity contribution in [1.29, 1.82) is 0 Å². The molecule has 0 aromatic heterocycles. The fourth-order valence-corrected chi connectivity index (χ4v) is 6.26. The van der Waals surface area contributed by atoms with Crippen molar-refractivity contribution in [2.45, 2.75) is 5.60 Å². The molecule has 1 atom stereocenters. The Morgan fingerprint density at radius 2 is 1.23 bits per heavy atom. The zero-order chi connectivity index (χ0) is 31.8. The number of nitrogens with zero attached hydrogens (tertiary/aromatic N) is 2. The van der Waals surface area contributed by atoms with Gasteiger partial charge in [0.05, 0.1) is 32.8 Å². The number of rotatable bonds is 8. The summed E-state index contributed by atoms with van der Waals surface area (Å²) < 4.78 is 11.5. The second-order valence-electron chi connectivity index (χ2n) is 10.7. The lowest BCUT2D eigenvalue weighted by atomic mass is 9.84. The molecule has 1 heterocycles. The molecule has 44 heavy (non-hydrogen) atoms. The standard InChI is InChI=1S/C35H30Cl4N2O3/c1-40(2)24-14-8-21(9-15-24)27(22-10-18-26(43-5)19-11-22)7-6-20-35(23-12-16-25(17-13-23)41(3)4)29-28(34(42)44-35)30(36)32(38)33(39)31(29)37/h6-20H,1-5H3. The maximum Gasteiger partial charge on any atom is 0.341 e. The van der Waals surface area contributed by atoms with Crippen molar-refractivity contribution in [2.75, 3.05) is 45.1 Å². The molecule has 0 bridgehead atoms. The molecule has 0 N–H and O–H groups in total. The molecular formula is C35H30Cl4N2O3. The van der Waals surface area contributed by atoms with Crippen LogP contribution in [-0.4, -0.2) is 41.3 Å². The summed E-state index contributed by atoms with van der Waals surface area (Å²) in [5.41, 5.74) is 4.62. The molecule has 4 aromatic carbocycles. The first-order valence-electron chi connectivity index (χ1n) is 13.7. The molecule has 0 radical (unpaired) electrons. The van der Waals surface area contributed by atoms with Gasteiger partial charge < -0.3 is 19.3 Å². The minimum absolute atomic E-state index is 0.000345. The summed E-state index contributed by atoms with van der Waals surface area (Å²) in [5.74, 6) is 0.105. The highest BCUT2D eigenvalue weighted by molar-refractivity contribution is 6.53. The number of methoxy groups -OCH3 is 1. The van der Waals surface area contributed by atoms with Gasteiger partial charge in [-0.3, -0.25) is 0 Å². The highest BCUT2D eigenvalue weighted by Gasteiger charge is 2.49. The van der Waals surface area contributed by atoms with Gasteiger partial charge in [-0.05, 0) is 59.2 Å². The fourth-order valence-electron chi connectivity index (χ4n) is 5.19. The van der Waals surface area contributed by atoms with Crippen LogP contribution in [0.3, 0.4) is 0 Å². The Bertz CT molecular complexity index is 1760. The van der Waals surface area contributed by atoms with Crippen LogP contribution in [-0.2, 0) is 10.3 Å². The van der Waals surface area contributed by atoms with E-state index >= 15 is 0 Å². The summed E-state index contributed by atoms with van der Waals surface area (Å²) in [6.45, 7) is 0. The van der Waals surface area contributed by atoms with Gasteiger partial charge in [0.1, 0.15) is 5.75 Å². The quantitative estimate of drug-likeness (QED) is 0.0810. The van der Waals surface area contributed by atoms with E-state index in [1.54, 1.807) is 13.2 Å². The Morgan fingerprint density at radius 1 is 0.727 bits per heavy atom. The smallest absolute Gasteiger partial charge is 0.341 e. The Kier molecular flexibility index (Phi) is 9.24. The van der Waals surface area contributed by atoms with Gasteiger partial charge in [0.2, 0.25) is 0 Å². The van der Waals surface area contributed by atoms with Gasteiger partial charge >= 0.3 is 5.97 Å². The number of esters is 1. The van der Waals surface area contributed by atoms with E-state index in [-0.39, 0.29) is 25.7 Å². The van der Waals surface area contributed by atoms with Crippen LogP contribution in [0.25, 0.3) is 5.57 Å². The number of carbonyl (C=O) groups excluding carboxylic acids is 1. The molecule has 0 amide bonds. The van der Waals surface area contributed by atoms with Crippen molar-refractivity contribution in [2.24, 2.45) is 0 Å². The SMILES string of the molecule is COc1ccc(C(=CC=CC2(c3ccc(N(C)C)cc3)OC(=O)c3c(Cl)c(Cl)c(Cl)c(Cl)c32)c2ccc(N(C)C)cc2)cc1. The fraction of sp³-hybridized carbons (Fsp3) is 0.171. The van der Waals surface area contributed by atoms with Crippen LogP contribution < -0.4 is 14.5 Å². The molecule has 0 fully saturated rings. The summed E-state index contributed by atoms with van der Waals surface area (Å²) in [5, 5.41) is 0.145. The molecule has 4 aromatic rings. The van der Waals surface area contributed by atoms with Gasteiger partial charge in [-0.25, -0.2) is 4.79 Å². The highest BCUT2D eigenvalue weighted by Crippen LogP contribution is 2.53. The summed E-state index contributed by atoms with van der Waals surface area (Å²) >= 11 is 26.3. The Morgan fingerprint density at radius 3 is 1.75 bits per heavy atom.